The molecule has 0 amide bonds. The molecule has 2 fully saturated rings. The molecule has 0 aromatic heterocycles. The number of nitrogens with zero attached hydrogens (tertiary/aromatic N) is 1. The molecule has 1 saturated carbocycles. The molecule has 0 radical (unpaired) electrons. The summed E-state index contributed by atoms with van der Waals surface area (Å²) < 4.78 is 0. The molecule has 1 saturated heterocycles. The average molecular weight is 275 g/mol. The van der Waals surface area contributed by atoms with Crippen molar-refractivity contribution in [3.8, 4) is 5.75 Å². The minimum Gasteiger partial charge on any atom is -0.505 e. The highest BCUT2D eigenvalue weighted by Gasteiger charge is 2.26. The molecule has 110 valence electrons. The highest BCUT2D eigenvalue weighted by Crippen LogP contribution is 2.43. The summed E-state index contributed by atoms with van der Waals surface area (Å²) in [6.45, 7) is 7.22. The molecule has 1 aromatic carbocycles. The van der Waals surface area contributed by atoms with Crippen LogP contribution in [0.4, 0.5) is 5.69 Å². The third-order valence-corrected chi connectivity index (χ3v) is 4.32. The van der Waals surface area contributed by atoms with Gasteiger partial charge in [0.2, 0.25) is 0 Å². The lowest BCUT2D eigenvalue weighted by atomic mass is 10.0. The van der Waals surface area contributed by atoms with Crippen LogP contribution in [0, 0.1) is 0 Å². The SMILES string of the molecule is C[C@@H]1CN(Cc2cc(C3CC3)cc(N)c2O)C[C@H](C)N1. The maximum atomic E-state index is 10.2. The first-order chi connectivity index (χ1) is 9.52. The van der Waals surface area contributed by atoms with Gasteiger partial charge >= 0.3 is 0 Å². The summed E-state index contributed by atoms with van der Waals surface area (Å²) in [6.07, 6.45) is 2.51. The molecule has 4 N–H and O–H groups in total. The van der Waals surface area contributed by atoms with Gasteiger partial charge in [0, 0.05) is 37.3 Å². The van der Waals surface area contributed by atoms with E-state index in [0.29, 0.717) is 23.7 Å². The van der Waals surface area contributed by atoms with Crippen molar-refractivity contribution in [3.05, 3.63) is 23.3 Å². The second-order valence-electron chi connectivity index (χ2n) is 6.55. The Morgan fingerprint density at radius 2 is 1.90 bits per heavy atom. The summed E-state index contributed by atoms with van der Waals surface area (Å²) in [6, 6.07) is 5.08. The lowest BCUT2D eigenvalue weighted by molar-refractivity contribution is 0.165. The summed E-state index contributed by atoms with van der Waals surface area (Å²) in [5.41, 5.74) is 8.77. The first kappa shape index (κ1) is 13.7. The van der Waals surface area contributed by atoms with E-state index in [1.807, 2.05) is 6.07 Å². The van der Waals surface area contributed by atoms with E-state index in [4.69, 9.17) is 5.73 Å². The van der Waals surface area contributed by atoms with Gasteiger partial charge in [-0.2, -0.15) is 0 Å². The van der Waals surface area contributed by atoms with Crippen molar-refractivity contribution in [2.45, 2.75) is 51.2 Å². The Bertz CT molecular complexity index is 489. The zero-order valence-electron chi connectivity index (χ0n) is 12.4. The Morgan fingerprint density at radius 1 is 1.25 bits per heavy atom. The predicted molar refractivity (Wildman–Crippen MR) is 81.8 cm³/mol. The standard InChI is InChI=1S/C16H25N3O/c1-10-7-19(8-11(2)18-10)9-14-5-13(12-3-4-12)6-15(17)16(14)20/h5-6,10-12,18,20H,3-4,7-9,17H2,1-2H3/t10-,11+. The van der Waals surface area contributed by atoms with Crippen molar-refractivity contribution in [1.29, 1.82) is 0 Å². The molecule has 2 aliphatic rings. The minimum atomic E-state index is 0.272. The Hall–Kier alpha value is -1.26. The number of nitrogens with two attached hydrogens (primary N) is 1. The molecule has 4 nitrogen and oxygen atoms in total. The zero-order chi connectivity index (χ0) is 14.3. The molecule has 2 atom stereocenters. The normalized spacial score (nSPS) is 27.7. The summed E-state index contributed by atoms with van der Waals surface area (Å²) in [5.74, 6) is 0.936. The topological polar surface area (TPSA) is 61.5 Å². The number of hydrogen-bond donors (Lipinski definition) is 3. The average Bonchev–Trinajstić information content (AvgIpc) is 3.17. The number of benzene rings is 1. The molecule has 0 spiro atoms. The monoisotopic (exact) mass is 275 g/mol. The van der Waals surface area contributed by atoms with Gasteiger partial charge in [0.05, 0.1) is 5.69 Å². The number of phenolic OH excluding ortho intramolecular Hbond substituents is 1. The Balaban J connectivity index is 1.79. The van der Waals surface area contributed by atoms with Gasteiger partial charge < -0.3 is 16.2 Å². The van der Waals surface area contributed by atoms with Crippen molar-refractivity contribution in [1.82, 2.24) is 10.2 Å². The fourth-order valence-corrected chi connectivity index (χ4v) is 3.33. The van der Waals surface area contributed by atoms with Gasteiger partial charge in [0.25, 0.3) is 0 Å². The second-order valence-corrected chi connectivity index (χ2v) is 6.55. The number of aromatic hydroxyl groups is 1. The van der Waals surface area contributed by atoms with Crippen LogP contribution in [0.25, 0.3) is 0 Å². The van der Waals surface area contributed by atoms with Crippen LogP contribution in [0.1, 0.15) is 43.7 Å². The van der Waals surface area contributed by atoms with Crippen molar-refractivity contribution >= 4 is 5.69 Å². The van der Waals surface area contributed by atoms with Crippen LogP contribution in [0.15, 0.2) is 12.1 Å². The number of anilines is 1. The van der Waals surface area contributed by atoms with Gasteiger partial charge in [0.1, 0.15) is 5.75 Å². The summed E-state index contributed by atoms with van der Waals surface area (Å²) in [7, 11) is 0. The Kier molecular flexibility index (Phi) is 3.61. The molecule has 3 rings (SSSR count). The molecule has 20 heavy (non-hydrogen) atoms. The molecule has 4 heteroatoms. The van der Waals surface area contributed by atoms with Gasteiger partial charge in [-0.25, -0.2) is 0 Å². The first-order valence-corrected chi connectivity index (χ1v) is 7.62. The minimum absolute atomic E-state index is 0.272. The van der Waals surface area contributed by atoms with E-state index in [1.54, 1.807) is 0 Å². The van der Waals surface area contributed by atoms with Crippen molar-refractivity contribution in [3.63, 3.8) is 0 Å². The molecule has 0 bridgehead atoms. The van der Waals surface area contributed by atoms with E-state index in [1.165, 1.54) is 18.4 Å². The third-order valence-electron chi connectivity index (χ3n) is 4.32. The van der Waals surface area contributed by atoms with E-state index >= 15 is 0 Å². The number of rotatable bonds is 3. The molecular formula is C16H25N3O. The summed E-state index contributed by atoms with van der Waals surface area (Å²) in [5, 5.41) is 13.8. The van der Waals surface area contributed by atoms with E-state index in [-0.39, 0.29) is 5.75 Å². The van der Waals surface area contributed by atoms with Gasteiger partial charge in [-0.15, -0.1) is 0 Å². The van der Waals surface area contributed by atoms with Crippen molar-refractivity contribution in [2.75, 3.05) is 18.8 Å². The number of nitrogens with one attached hydrogen (secondary N) is 1. The fourth-order valence-electron chi connectivity index (χ4n) is 3.33. The number of phenols is 1. The predicted octanol–water partition coefficient (Wildman–Crippen LogP) is 2.03. The van der Waals surface area contributed by atoms with Crippen LogP contribution >= 0.6 is 0 Å². The maximum absolute atomic E-state index is 10.2. The highest BCUT2D eigenvalue weighted by atomic mass is 16.3. The van der Waals surface area contributed by atoms with Crippen LogP contribution in [-0.2, 0) is 6.54 Å². The van der Waals surface area contributed by atoms with Gasteiger partial charge in [0.15, 0.2) is 0 Å². The zero-order valence-corrected chi connectivity index (χ0v) is 12.4. The van der Waals surface area contributed by atoms with Crippen LogP contribution < -0.4 is 11.1 Å². The van der Waals surface area contributed by atoms with Gasteiger partial charge in [-0.1, -0.05) is 6.07 Å². The van der Waals surface area contributed by atoms with Crippen molar-refractivity contribution < 1.29 is 5.11 Å². The number of piperazine rings is 1. The Labute approximate surface area is 121 Å². The lowest BCUT2D eigenvalue weighted by Crippen LogP contribution is -2.53. The summed E-state index contributed by atoms with van der Waals surface area (Å²) >= 11 is 0. The van der Waals surface area contributed by atoms with Crippen LogP contribution in [0.5, 0.6) is 5.75 Å². The van der Waals surface area contributed by atoms with Gasteiger partial charge in [-0.05, 0) is 44.2 Å². The molecular weight excluding hydrogens is 250 g/mol. The second kappa shape index (κ2) is 5.26. The number of nitrogen functional groups attached to an aromatic ring is 1. The smallest absolute Gasteiger partial charge is 0.142 e. The van der Waals surface area contributed by atoms with Crippen molar-refractivity contribution in [2.24, 2.45) is 0 Å². The van der Waals surface area contributed by atoms with E-state index in [2.05, 4.69) is 30.1 Å². The van der Waals surface area contributed by atoms with Crippen LogP contribution in [0.3, 0.4) is 0 Å². The molecule has 1 heterocycles. The molecule has 1 aliphatic carbocycles. The Morgan fingerprint density at radius 3 is 2.50 bits per heavy atom. The molecule has 0 unspecified atom stereocenters. The highest BCUT2D eigenvalue weighted by molar-refractivity contribution is 5.59. The molecule has 1 aliphatic heterocycles. The van der Waals surface area contributed by atoms with E-state index in [9.17, 15) is 5.11 Å². The van der Waals surface area contributed by atoms with Crippen LogP contribution in [-0.4, -0.2) is 35.2 Å². The fraction of sp³-hybridized carbons (Fsp3) is 0.625. The van der Waals surface area contributed by atoms with Gasteiger partial charge in [-0.3, -0.25) is 4.90 Å². The number of hydrogen-bond acceptors (Lipinski definition) is 4. The van der Waals surface area contributed by atoms with E-state index < -0.39 is 0 Å². The first-order valence-electron chi connectivity index (χ1n) is 7.62. The van der Waals surface area contributed by atoms with Crippen LogP contribution in [0.2, 0.25) is 0 Å². The van der Waals surface area contributed by atoms with E-state index in [0.717, 1.165) is 25.2 Å². The lowest BCUT2D eigenvalue weighted by Gasteiger charge is -2.36. The quantitative estimate of drug-likeness (QED) is 0.583. The molecule has 1 aromatic rings. The maximum Gasteiger partial charge on any atom is 0.142 e. The summed E-state index contributed by atoms with van der Waals surface area (Å²) in [4.78, 5) is 2.40. The largest absolute Gasteiger partial charge is 0.505 e. The third kappa shape index (κ3) is 2.91.